The number of rotatable bonds is 6. The van der Waals surface area contributed by atoms with Crippen LogP contribution in [0.25, 0.3) is 0 Å². The fourth-order valence-electron chi connectivity index (χ4n) is 2.03. The second kappa shape index (κ2) is 8.01. The van der Waals surface area contributed by atoms with Gasteiger partial charge in [-0.1, -0.05) is 23.2 Å². The number of carbonyl (C=O) groups excluding carboxylic acids is 2. The number of Topliss-reactive ketones (excluding diaryl/α,β-unsaturated/α-hetero) is 1. The third kappa shape index (κ3) is 5.23. The number of benzene rings is 2. The lowest BCUT2D eigenvalue weighted by molar-refractivity contribution is -0.384. The van der Waals surface area contributed by atoms with Crippen LogP contribution >= 0.6 is 23.2 Å². The number of amides is 1. The zero-order chi connectivity index (χ0) is 20.4. The highest BCUT2D eigenvalue weighted by Gasteiger charge is 2.19. The van der Waals surface area contributed by atoms with E-state index >= 15 is 0 Å². The number of carbonyl (C=O) groups is 2. The van der Waals surface area contributed by atoms with Gasteiger partial charge in [-0.05, 0) is 24.3 Å². The van der Waals surface area contributed by atoms with Crippen LogP contribution in [0.15, 0.2) is 41.3 Å². The molecule has 0 bridgehead atoms. The van der Waals surface area contributed by atoms with Gasteiger partial charge in [0.2, 0.25) is 15.9 Å². The van der Waals surface area contributed by atoms with E-state index in [2.05, 4.69) is 5.32 Å². The van der Waals surface area contributed by atoms with Gasteiger partial charge in [-0.3, -0.25) is 19.7 Å². The summed E-state index contributed by atoms with van der Waals surface area (Å²) >= 11 is 11.8. The fraction of sp³-hybridized carbons (Fsp3) is 0.0667. The second-order valence-corrected chi connectivity index (χ2v) is 7.63. The van der Waals surface area contributed by atoms with Crippen LogP contribution in [0.5, 0.6) is 0 Å². The first-order chi connectivity index (χ1) is 12.5. The molecule has 2 rings (SSSR count). The Balaban J connectivity index is 2.13. The van der Waals surface area contributed by atoms with Gasteiger partial charge in [0.05, 0.1) is 32.0 Å². The number of nitro groups is 1. The number of nitrogens with two attached hydrogens (primary N) is 1. The molecule has 0 unspecified atom stereocenters. The Kier molecular flexibility index (Phi) is 6.16. The zero-order valence-electron chi connectivity index (χ0n) is 13.3. The van der Waals surface area contributed by atoms with E-state index in [1.54, 1.807) is 0 Å². The number of primary sulfonamides is 1. The summed E-state index contributed by atoms with van der Waals surface area (Å²) in [5.41, 5.74) is -0.158. The summed E-state index contributed by atoms with van der Waals surface area (Å²) in [6.07, 6.45) is -0.582. The molecule has 2 aromatic rings. The number of nitro benzene ring substituents is 1. The van der Waals surface area contributed by atoms with Crippen LogP contribution in [-0.4, -0.2) is 25.0 Å². The zero-order valence-corrected chi connectivity index (χ0v) is 15.6. The smallest absolute Gasteiger partial charge is 0.269 e. The maximum absolute atomic E-state index is 12.1. The van der Waals surface area contributed by atoms with Gasteiger partial charge in [0.25, 0.3) is 5.69 Å². The van der Waals surface area contributed by atoms with Gasteiger partial charge < -0.3 is 5.32 Å². The van der Waals surface area contributed by atoms with Crippen LogP contribution in [0.4, 0.5) is 11.4 Å². The molecular weight excluding hydrogens is 421 g/mol. The Bertz CT molecular complexity index is 1020. The highest BCUT2D eigenvalue weighted by atomic mass is 35.5. The molecule has 0 radical (unpaired) electrons. The molecular formula is C15H11Cl2N3O6S. The molecule has 12 heteroatoms. The molecule has 2 aromatic carbocycles. The molecule has 0 saturated carbocycles. The van der Waals surface area contributed by atoms with Crippen molar-refractivity contribution in [3.05, 3.63) is 62.1 Å². The van der Waals surface area contributed by atoms with Crippen molar-refractivity contribution in [1.29, 1.82) is 0 Å². The largest absolute Gasteiger partial charge is 0.323 e. The molecule has 0 aliphatic carbocycles. The average Bonchev–Trinajstić information content (AvgIpc) is 2.57. The lowest BCUT2D eigenvalue weighted by atomic mass is 10.1. The van der Waals surface area contributed by atoms with Gasteiger partial charge in [-0.2, -0.15) is 0 Å². The number of non-ortho nitro benzene ring substituents is 1. The Morgan fingerprint density at radius 3 is 2.07 bits per heavy atom. The molecule has 3 N–H and O–H groups in total. The number of hydrogen-bond donors (Lipinski definition) is 2. The number of ketones is 1. The average molecular weight is 432 g/mol. The lowest BCUT2D eigenvalue weighted by Gasteiger charge is -2.10. The Hall–Kier alpha value is -2.53. The van der Waals surface area contributed by atoms with Crippen molar-refractivity contribution in [1.82, 2.24) is 0 Å². The predicted molar refractivity (Wildman–Crippen MR) is 98.5 cm³/mol. The quantitative estimate of drug-likeness (QED) is 0.310. The van der Waals surface area contributed by atoms with Gasteiger partial charge in [-0.15, -0.1) is 0 Å². The Morgan fingerprint density at radius 2 is 1.63 bits per heavy atom. The van der Waals surface area contributed by atoms with Gasteiger partial charge in [0, 0.05) is 17.7 Å². The van der Waals surface area contributed by atoms with Crippen LogP contribution < -0.4 is 10.5 Å². The topological polar surface area (TPSA) is 149 Å². The van der Waals surface area contributed by atoms with E-state index < -0.39 is 33.1 Å². The van der Waals surface area contributed by atoms with Gasteiger partial charge in [-0.25, -0.2) is 13.6 Å². The van der Waals surface area contributed by atoms with Crippen LogP contribution in [-0.2, 0) is 14.8 Å². The standard InChI is InChI=1S/C15H11Cl2N3O6S/c16-11-5-10(27(18,25)26)6-12(17)15(11)19-14(22)7-13(21)8-1-3-9(4-2-8)20(23)24/h1-6H,7H2,(H,19,22)(H2,18,25,26). The molecule has 0 aliphatic heterocycles. The maximum atomic E-state index is 12.1. The number of sulfonamides is 1. The number of nitrogens with one attached hydrogen (secondary N) is 1. The summed E-state index contributed by atoms with van der Waals surface area (Å²) in [4.78, 5) is 33.8. The third-order valence-corrected chi connectivity index (χ3v) is 4.82. The molecule has 0 aromatic heterocycles. The number of halogens is 2. The molecule has 27 heavy (non-hydrogen) atoms. The van der Waals surface area contributed by atoms with Gasteiger partial charge in [0.1, 0.15) is 0 Å². The lowest BCUT2D eigenvalue weighted by Crippen LogP contribution is -2.18. The van der Waals surface area contributed by atoms with E-state index in [1.165, 1.54) is 12.1 Å². The molecule has 0 heterocycles. The number of anilines is 1. The molecule has 142 valence electrons. The van der Waals surface area contributed by atoms with E-state index in [4.69, 9.17) is 28.3 Å². The highest BCUT2D eigenvalue weighted by molar-refractivity contribution is 7.89. The summed E-state index contributed by atoms with van der Waals surface area (Å²) in [5, 5.41) is 17.5. The molecule has 0 atom stereocenters. The second-order valence-electron chi connectivity index (χ2n) is 5.26. The van der Waals surface area contributed by atoms with Crippen molar-refractivity contribution in [2.75, 3.05) is 5.32 Å². The van der Waals surface area contributed by atoms with E-state index in [0.29, 0.717) is 0 Å². The minimum Gasteiger partial charge on any atom is -0.323 e. The van der Waals surface area contributed by atoms with E-state index in [9.17, 15) is 28.1 Å². The Morgan fingerprint density at radius 1 is 1.11 bits per heavy atom. The van der Waals surface area contributed by atoms with Crippen LogP contribution in [0.3, 0.4) is 0 Å². The summed E-state index contributed by atoms with van der Waals surface area (Å²) < 4.78 is 22.7. The maximum Gasteiger partial charge on any atom is 0.269 e. The summed E-state index contributed by atoms with van der Waals surface area (Å²) in [6, 6.07) is 6.77. The number of hydrogen-bond acceptors (Lipinski definition) is 6. The van der Waals surface area contributed by atoms with Crippen LogP contribution in [0.2, 0.25) is 10.0 Å². The van der Waals surface area contributed by atoms with Crippen molar-refractivity contribution in [2.45, 2.75) is 11.3 Å². The minimum atomic E-state index is -4.04. The van der Waals surface area contributed by atoms with Gasteiger partial charge >= 0.3 is 0 Å². The monoisotopic (exact) mass is 431 g/mol. The molecule has 0 spiro atoms. The molecule has 1 amide bonds. The number of nitrogens with zero attached hydrogens (tertiary/aromatic N) is 1. The minimum absolute atomic E-state index is 0.0766. The predicted octanol–water partition coefficient (Wildman–Crippen LogP) is 2.76. The molecule has 0 saturated heterocycles. The Labute approximate surface area is 163 Å². The van der Waals surface area contributed by atoms with Gasteiger partial charge in [0.15, 0.2) is 5.78 Å². The fourth-order valence-corrected chi connectivity index (χ4v) is 3.31. The van der Waals surface area contributed by atoms with E-state index in [0.717, 1.165) is 24.3 Å². The highest BCUT2D eigenvalue weighted by Crippen LogP contribution is 2.33. The SMILES string of the molecule is NS(=O)(=O)c1cc(Cl)c(NC(=O)CC(=O)c2ccc([N+](=O)[O-])cc2)c(Cl)c1. The van der Waals surface area contributed by atoms with Crippen molar-refractivity contribution in [3.63, 3.8) is 0 Å². The first kappa shape index (κ1) is 20.8. The molecule has 0 fully saturated rings. The first-order valence-corrected chi connectivity index (χ1v) is 9.38. The molecule has 0 aliphatic rings. The van der Waals surface area contributed by atoms with Crippen LogP contribution in [0, 0.1) is 10.1 Å². The van der Waals surface area contributed by atoms with Crippen molar-refractivity contribution >= 4 is 56.3 Å². The molecule has 9 nitrogen and oxygen atoms in total. The van der Waals surface area contributed by atoms with Crippen molar-refractivity contribution in [3.8, 4) is 0 Å². The third-order valence-electron chi connectivity index (χ3n) is 3.33. The van der Waals surface area contributed by atoms with E-state index in [-0.39, 0.29) is 31.9 Å². The summed E-state index contributed by atoms with van der Waals surface area (Å²) in [7, 11) is -4.04. The summed E-state index contributed by atoms with van der Waals surface area (Å²) in [6.45, 7) is 0. The van der Waals surface area contributed by atoms with E-state index in [1.807, 2.05) is 0 Å². The first-order valence-electron chi connectivity index (χ1n) is 7.08. The summed E-state index contributed by atoms with van der Waals surface area (Å²) in [5.74, 6) is -1.35. The normalized spacial score (nSPS) is 11.1. The van der Waals surface area contributed by atoms with Crippen molar-refractivity contribution < 1.29 is 22.9 Å². The van der Waals surface area contributed by atoms with Crippen molar-refractivity contribution in [2.24, 2.45) is 5.14 Å². The van der Waals surface area contributed by atoms with Crippen LogP contribution in [0.1, 0.15) is 16.8 Å².